The lowest BCUT2D eigenvalue weighted by Crippen LogP contribution is -2.30. The number of carboxylic acid groups (broad SMARTS) is 1. The second-order valence-electron chi connectivity index (χ2n) is 6.18. The van der Waals surface area contributed by atoms with E-state index in [0.717, 1.165) is 12.8 Å². The Morgan fingerprint density at radius 1 is 1.44 bits per heavy atom. The summed E-state index contributed by atoms with van der Waals surface area (Å²) in [5.74, 6) is -2.11. The molecule has 0 saturated carbocycles. The predicted octanol–water partition coefficient (Wildman–Crippen LogP) is 2.78. The molecule has 1 atom stereocenters. The van der Waals surface area contributed by atoms with Gasteiger partial charge in [0.25, 0.3) is 0 Å². The molecular weight excluding hydrogens is 383 g/mol. The number of aryl methyl sites for hydroxylation is 1. The van der Waals surface area contributed by atoms with Gasteiger partial charge in [0.2, 0.25) is 5.91 Å². The summed E-state index contributed by atoms with van der Waals surface area (Å²) in [5, 5.41) is 19.8. The van der Waals surface area contributed by atoms with Gasteiger partial charge in [-0.2, -0.15) is 18.4 Å². The average molecular weight is 401 g/mol. The fourth-order valence-electron chi connectivity index (χ4n) is 3.03. The Kier molecular flexibility index (Phi) is 6.70. The van der Waals surface area contributed by atoms with Crippen molar-refractivity contribution in [2.24, 2.45) is 5.92 Å². The van der Waals surface area contributed by atoms with E-state index >= 15 is 0 Å². The summed E-state index contributed by atoms with van der Waals surface area (Å²) in [6.07, 6.45) is -2.61. The van der Waals surface area contributed by atoms with Gasteiger partial charge in [-0.05, 0) is 30.7 Å². The van der Waals surface area contributed by atoms with Gasteiger partial charge in [-0.3, -0.25) is 9.59 Å². The van der Waals surface area contributed by atoms with Gasteiger partial charge >= 0.3 is 12.1 Å². The Morgan fingerprint density at radius 2 is 2.15 bits per heavy atom. The quantitative estimate of drug-likeness (QED) is 0.711. The number of alkyl halides is 3. The number of nitrogens with one attached hydrogen (secondary N) is 1. The lowest BCUT2D eigenvalue weighted by molar-refractivity contribution is -0.139. The summed E-state index contributed by atoms with van der Waals surface area (Å²) in [7, 11) is 0. The van der Waals surface area contributed by atoms with Gasteiger partial charge in [-0.25, -0.2) is 4.98 Å². The number of rotatable bonds is 6. The maximum atomic E-state index is 13.7. The first-order valence-corrected chi connectivity index (χ1v) is 9.30. The first kappa shape index (κ1) is 21.0. The number of carbonyl (C=O) groups is 2. The molecule has 1 aliphatic rings. The first-order valence-electron chi connectivity index (χ1n) is 8.31. The van der Waals surface area contributed by atoms with Gasteiger partial charge in [0.05, 0.1) is 16.9 Å². The maximum Gasteiger partial charge on any atom is 0.418 e. The van der Waals surface area contributed by atoms with Crippen molar-refractivity contribution in [3.05, 3.63) is 22.4 Å². The molecule has 0 fully saturated rings. The monoisotopic (exact) mass is 401 g/mol. The zero-order chi connectivity index (χ0) is 20.2. The number of aromatic nitrogens is 1. The second-order valence-corrected chi connectivity index (χ2v) is 7.14. The van der Waals surface area contributed by atoms with Gasteiger partial charge in [0, 0.05) is 5.69 Å². The Hall–Kier alpha value is -2.28. The zero-order valence-electron chi connectivity index (χ0n) is 14.5. The number of carbonyl (C=O) groups excluding carboxylic acids is 1. The third kappa shape index (κ3) is 5.13. The lowest BCUT2D eigenvalue weighted by Gasteiger charge is -2.27. The van der Waals surface area contributed by atoms with Crippen LogP contribution in [-0.4, -0.2) is 34.3 Å². The molecule has 0 aliphatic heterocycles. The second kappa shape index (κ2) is 8.61. The molecule has 2 N–H and O–H groups in total. The molecule has 0 saturated heterocycles. The van der Waals surface area contributed by atoms with Crippen molar-refractivity contribution < 1.29 is 27.9 Å². The number of halogens is 3. The predicted molar refractivity (Wildman–Crippen MR) is 91.1 cm³/mol. The fraction of sp³-hybridized carbons (Fsp3) is 0.529. The minimum atomic E-state index is -4.70. The van der Waals surface area contributed by atoms with E-state index in [0.29, 0.717) is 23.9 Å². The van der Waals surface area contributed by atoms with E-state index in [1.165, 1.54) is 0 Å². The minimum Gasteiger partial charge on any atom is -0.480 e. The zero-order valence-corrected chi connectivity index (χ0v) is 15.3. The van der Waals surface area contributed by atoms with Crippen molar-refractivity contribution in [2.75, 3.05) is 12.3 Å². The minimum absolute atomic E-state index is 0.0804. The molecule has 1 amide bonds. The molecule has 0 radical (unpaired) electrons. The Balaban J connectivity index is 2.38. The number of carboxylic acids is 1. The highest BCUT2D eigenvalue weighted by Gasteiger charge is 2.40. The summed E-state index contributed by atoms with van der Waals surface area (Å²) in [5.41, 5.74) is -1.13. The SMILES string of the molecule is CC[C@@H]1CCc2nc(SCC(=O)NCC(=O)O)c(C#N)c(C(F)(F)F)c2C1. The Labute approximate surface area is 158 Å². The number of aliphatic carboxylic acids is 1. The number of nitrogens with zero attached hydrogens (tertiary/aromatic N) is 2. The van der Waals surface area contributed by atoms with Gasteiger partial charge in [0.15, 0.2) is 0 Å². The van der Waals surface area contributed by atoms with E-state index in [4.69, 9.17) is 5.11 Å². The molecule has 0 unspecified atom stereocenters. The molecule has 10 heteroatoms. The van der Waals surface area contributed by atoms with Crippen molar-refractivity contribution in [1.82, 2.24) is 10.3 Å². The van der Waals surface area contributed by atoms with Crippen molar-refractivity contribution in [2.45, 2.75) is 43.8 Å². The van der Waals surface area contributed by atoms with Crippen LogP contribution >= 0.6 is 11.8 Å². The van der Waals surface area contributed by atoms with E-state index in [1.54, 1.807) is 6.07 Å². The van der Waals surface area contributed by atoms with E-state index in [1.807, 2.05) is 6.92 Å². The summed E-state index contributed by atoms with van der Waals surface area (Å²) in [6, 6.07) is 1.60. The summed E-state index contributed by atoms with van der Waals surface area (Å²) in [6.45, 7) is 1.33. The number of pyridine rings is 1. The van der Waals surface area contributed by atoms with Crippen LogP contribution in [0, 0.1) is 17.2 Å². The third-order valence-corrected chi connectivity index (χ3v) is 5.36. The number of nitriles is 1. The number of fused-ring (bicyclic) bond motifs is 1. The summed E-state index contributed by atoms with van der Waals surface area (Å²) < 4.78 is 41.1. The largest absolute Gasteiger partial charge is 0.480 e. The van der Waals surface area contributed by atoms with E-state index in [9.17, 15) is 28.0 Å². The molecular formula is C17H18F3N3O3S. The van der Waals surface area contributed by atoms with Gasteiger partial charge in [0.1, 0.15) is 17.6 Å². The number of thioether (sulfide) groups is 1. The van der Waals surface area contributed by atoms with Crippen molar-refractivity contribution in [3.8, 4) is 6.07 Å². The molecule has 1 heterocycles. The van der Waals surface area contributed by atoms with Crippen LogP contribution in [0.15, 0.2) is 5.03 Å². The topological polar surface area (TPSA) is 103 Å². The smallest absolute Gasteiger partial charge is 0.418 e. The van der Waals surface area contributed by atoms with Crippen LogP contribution < -0.4 is 5.32 Å². The number of hydrogen-bond acceptors (Lipinski definition) is 5. The van der Waals surface area contributed by atoms with Gasteiger partial charge in [-0.15, -0.1) is 0 Å². The average Bonchev–Trinajstić information content (AvgIpc) is 2.61. The van der Waals surface area contributed by atoms with Crippen LogP contribution in [0.5, 0.6) is 0 Å². The fourth-order valence-corrected chi connectivity index (χ4v) is 3.87. The standard InChI is InChI=1S/C17H18F3N3O3S/c1-2-9-3-4-12-10(5-9)15(17(18,19)20)11(6-21)16(23-12)27-8-13(24)22-7-14(25)26/h9H,2-5,7-8H2,1H3,(H,22,24)(H,25,26)/t9-/m1/s1. The number of amides is 1. The van der Waals surface area contributed by atoms with Gasteiger partial charge in [-0.1, -0.05) is 25.1 Å². The highest BCUT2D eigenvalue weighted by atomic mass is 32.2. The number of hydrogen-bond donors (Lipinski definition) is 2. The summed E-state index contributed by atoms with van der Waals surface area (Å²) in [4.78, 5) is 26.3. The molecule has 2 rings (SSSR count). The van der Waals surface area contributed by atoms with Crippen LogP contribution in [0.25, 0.3) is 0 Å². The maximum absolute atomic E-state index is 13.7. The van der Waals surface area contributed by atoms with E-state index in [2.05, 4.69) is 10.3 Å². The van der Waals surface area contributed by atoms with Crippen molar-refractivity contribution in [1.29, 1.82) is 5.26 Å². The normalized spacial score (nSPS) is 16.3. The Bertz CT molecular complexity index is 790. The lowest BCUT2D eigenvalue weighted by atomic mass is 9.82. The van der Waals surface area contributed by atoms with Crippen LogP contribution in [0.1, 0.15) is 42.1 Å². The molecule has 0 bridgehead atoms. The van der Waals surface area contributed by atoms with Crippen LogP contribution in [0.3, 0.4) is 0 Å². The molecule has 146 valence electrons. The van der Waals surface area contributed by atoms with E-state index in [-0.39, 0.29) is 28.7 Å². The van der Waals surface area contributed by atoms with Crippen LogP contribution in [0.4, 0.5) is 13.2 Å². The van der Waals surface area contributed by atoms with Crippen molar-refractivity contribution in [3.63, 3.8) is 0 Å². The van der Waals surface area contributed by atoms with Crippen LogP contribution in [-0.2, 0) is 28.6 Å². The third-order valence-electron chi connectivity index (χ3n) is 4.38. The van der Waals surface area contributed by atoms with Gasteiger partial charge < -0.3 is 10.4 Å². The molecule has 0 spiro atoms. The van der Waals surface area contributed by atoms with Crippen molar-refractivity contribution >= 4 is 23.6 Å². The van der Waals surface area contributed by atoms with E-state index < -0.39 is 35.7 Å². The molecule has 1 aromatic heterocycles. The Morgan fingerprint density at radius 3 is 2.70 bits per heavy atom. The molecule has 1 aromatic rings. The molecule has 0 aromatic carbocycles. The molecule has 1 aliphatic carbocycles. The molecule has 6 nitrogen and oxygen atoms in total. The first-order chi connectivity index (χ1) is 12.7. The highest BCUT2D eigenvalue weighted by Crippen LogP contribution is 2.42. The highest BCUT2D eigenvalue weighted by molar-refractivity contribution is 8.00. The van der Waals surface area contributed by atoms with Crippen LogP contribution in [0.2, 0.25) is 0 Å². The summed E-state index contributed by atoms with van der Waals surface area (Å²) >= 11 is 0.702. The molecule has 27 heavy (non-hydrogen) atoms.